The normalized spacial score (nSPS) is 16.6. The number of benzene rings is 3. The van der Waals surface area contributed by atoms with Gasteiger partial charge in [-0.25, -0.2) is 0 Å². The first kappa shape index (κ1) is 32.0. The quantitative estimate of drug-likeness (QED) is 0.141. The second-order valence-corrected chi connectivity index (χ2v) is 12.6. The van der Waals surface area contributed by atoms with Crippen molar-refractivity contribution in [3.05, 3.63) is 71.4 Å². The summed E-state index contributed by atoms with van der Waals surface area (Å²) in [4.78, 5) is 33.3. The van der Waals surface area contributed by atoms with Gasteiger partial charge in [-0.2, -0.15) is 0 Å². The predicted molar refractivity (Wildman–Crippen MR) is 182 cm³/mol. The van der Waals surface area contributed by atoms with Crippen molar-refractivity contribution < 1.29 is 33.3 Å². The van der Waals surface area contributed by atoms with E-state index in [1.807, 2.05) is 37.3 Å². The van der Waals surface area contributed by atoms with E-state index in [0.29, 0.717) is 83.7 Å². The van der Waals surface area contributed by atoms with Crippen LogP contribution >= 0.6 is 11.6 Å². The van der Waals surface area contributed by atoms with Crippen LogP contribution in [0.5, 0.6) is 28.7 Å². The third-order valence-corrected chi connectivity index (χ3v) is 9.08. The number of aryl methyl sites for hydroxylation is 1. The van der Waals surface area contributed by atoms with Crippen molar-refractivity contribution in [3.63, 3.8) is 0 Å². The fourth-order valence-electron chi connectivity index (χ4n) is 5.86. The van der Waals surface area contributed by atoms with E-state index in [-0.39, 0.29) is 10.9 Å². The number of fused-ring (bicyclic) bond motifs is 3. The molecule has 2 aliphatic heterocycles. The molecule has 3 heterocycles. The second-order valence-electron chi connectivity index (χ2n) is 12.2. The Kier molecular flexibility index (Phi) is 9.25. The number of hydrogen-bond donors (Lipinski definition) is 2. The Labute approximate surface area is 283 Å². The maximum atomic E-state index is 13.3. The molecule has 3 aliphatic rings. The minimum Gasteiger partial charge on any atom is -0.489 e. The van der Waals surface area contributed by atoms with E-state index in [4.69, 9.17) is 35.3 Å². The highest BCUT2D eigenvalue weighted by Crippen LogP contribution is 2.50. The summed E-state index contributed by atoms with van der Waals surface area (Å²) < 4.78 is 30.0. The zero-order valence-corrected chi connectivity index (χ0v) is 27.4. The average molecular weight is 673 g/mol. The van der Waals surface area contributed by atoms with E-state index < -0.39 is 11.3 Å². The van der Waals surface area contributed by atoms with Crippen LogP contribution in [-0.4, -0.2) is 74.4 Å². The summed E-state index contributed by atoms with van der Waals surface area (Å²) in [6, 6.07) is 16.0. The van der Waals surface area contributed by atoms with E-state index in [1.165, 1.54) is 0 Å². The van der Waals surface area contributed by atoms with Crippen molar-refractivity contribution in [2.24, 2.45) is 5.41 Å². The lowest BCUT2D eigenvalue weighted by atomic mass is 10.0. The van der Waals surface area contributed by atoms with Crippen LogP contribution in [0, 0.1) is 12.3 Å². The van der Waals surface area contributed by atoms with Crippen LogP contribution < -0.4 is 29.6 Å². The van der Waals surface area contributed by atoms with Crippen molar-refractivity contribution in [2.75, 3.05) is 63.3 Å². The number of carbonyl (C=O) groups is 2. The van der Waals surface area contributed by atoms with Crippen LogP contribution in [0.3, 0.4) is 0 Å². The van der Waals surface area contributed by atoms with Crippen LogP contribution in [0.4, 0.5) is 11.4 Å². The smallest absolute Gasteiger partial charge is 0.240 e. The molecule has 250 valence electrons. The molecule has 4 aromatic rings. The first-order valence-electron chi connectivity index (χ1n) is 16.2. The predicted octanol–water partition coefficient (Wildman–Crippen LogP) is 6.22. The van der Waals surface area contributed by atoms with Gasteiger partial charge in [-0.3, -0.25) is 19.5 Å². The maximum Gasteiger partial charge on any atom is 0.240 e. The van der Waals surface area contributed by atoms with Gasteiger partial charge in [0.1, 0.15) is 30.1 Å². The number of aromatic nitrogens is 1. The lowest BCUT2D eigenvalue weighted by Crippen LogP contribution is -2.37. The number of halogens is 1. The third-order valence-electron chi connectivity index (χ3n) is 8.77. The molecule has 3 aromatic carbocycles. The highest BCUT2D eigenvalue weighted by molar-refractivity contribution is 6.34. The minimum atomic E-state index is -1.13. The molecule has 11 nitrogen and oxygen atoms in total. The molecule has 2 fully saturated rings. The first-order valence-corrected chi connectivity index (χ1v) is 16.6. The Hall–Kier alpha value is -4.58. The molecule has 0 bridgehead atoms. The fourth-order valence-corrected chi connectivity index (χ4v) is 6.08. The topological polar surface area (TPSA) is 120 Å². The number of pyridine rings is 1. The molecule has 1 aliphatic carbocycles. The highest BCUT2D eigenvalue weighted by Gasteiger charge is 2.56. The van der Waals surface area contributed by atoms with Crippen molar-refractivity contribution in [2.45, 2.75) is 26.2 Å². The molecule has 7 rings (SSSR count). The van der Waals surface area contributed by atoms with Crippen molar-refractivity contribution in [1.82, 2.24) is 9.88 Å². The SMILES string of the molecule is Cc1ccc(NC(=O)C2(C(=O)Nc3ccc(Oc4ccnc5cc(OCCCN6CCOCC6)c6c(c45)OCCO6)cc3Cl)CC2)cc1. The summed E-state index contributed by atoms with van der Waals surface area (Å²) in [6.07, 6.45) is 3.44. The van der Waals surface area contributed by atoms with Gasteiger partial charge in [0.2, 0.25) is 17.6 Å². The number of hydrogen-bond acceptors (Lipinski definition) is 9. The Morgan fingerprint density at radius 3 is 2.42 bits per heavy atom. The summed E-state index contributed by atoms with van der Waals surface area (Å²) in [6.45, 7) is 7.61. The molecule has 1 saturated heterocycles. The average Bonchev–Trinajstić information content (AvgIpc) is 3.92. The van der Waals surface area contributed by atoms with Crippen LogP contribution in [0.25, 0.3) is 10.9 Å². The molecule has 0 spiro atoms. The van der Waals surface area contributed by atoms with Gasteiger partial charge in [0, 0.05) is 43.7 Å². The number of nitrogens with one attached hydrogen (secondary N) is 2. The van der Waals surface area contributed by atoms with Crippen molar-refractivity contribution in [3.8, 4) is 28.7 Å². The molecule has 2 amide bonds. The van der Waals surface area contributed by atoms with Crippen LogP contribution in [0.2, 0.25) is 5.02 Å². The second kappa shape index (κ2) is 13.9. The van der Waals surface area contributed by atoms with Crippen LogP contribution in [0.1, 0.15) is 24.8 Å². The number of morpholine rings is 1. The first-order chi connectivity index (χ1) is 23.4. The van der Waals surface area contributed by atoms with Crippen LogP contribution in [-0.2, 0) is 14.3 Å². The number of anilines is 2. The summed E-state index contributed by atoms with van der Waals surface area (Å²) in [5.74, 6) is 1.82. The van der Waals surface area contributed by atoms with Gasteiger partial charge in [-0.15, -0.1) is 0 Å². The lowest BCUT2D eigenvalue weighted by Gasteiger charge is -2.26. The zero-order valence-electron chi connectivity index (χ0n) is 26.7. The summed E-state index contributed by atoms with van der Waals surface area (Å²) in [5.41, 5.74) is 1.61. The van der Waals surface area contributed by atoms with Gasteiger partial charge in [0.05, 0.1) is 41.4 Å². The molecule has 2 N–H and O–H groups in total. The number of carbonyl (C=O) groups excluding carboxylic acids is 2. The standard InChI is InChI=1S/C36H37ClN4O7/c1-23-3-5-24(6-4-23)39-34(42)36(10-11-36)35(43)40-27-8-7-25(21-26(27)37)48-29-9-12-38-28-22-30(32-33(31(28)29)47-20-19-46-32)45-16-2-13-41-14-17-44-18-15-41/h3-9,12,21-22H,2,10-11,13-20H2,1H3,(H,39,42)(H,40,43). The van der Waals surface area contributed by atoms with E-state index >= 15 is 0 Å². The van der Waals surface area contributed by atoms with Crippen molar-refractivity contribution >= 4 is 45.7 Å². The molecule has 0 atom stereocenters. The van der Waals surface area contributed by atoms with Gasteiger partial charge in [0.25, 0.3) is 0 Å². The Morgan fingerprint density at radius 2 is 1.67 bits per heavy atom. The van der Waals surface area contributed by atoms with Crippen LogP contribution in [0.15, 0.2) is 60.8 Å². The van der Waals surface area contributed by atoms with E-state index in [1.54, 1.807) is 30.5 Å². The molecular weight excluding hydrogens is 636 g/mol. The maximum absolute atomic E-state index is 13.3. The summed E-state index contributed by atoms with van der Waals surface area (Å²) in [7, 11) is 0. The van der Waals surface area contributed by atoms with Gasteiger partial charge in [0.15, 0.2) is 11.5 Å². The molecule has 12 heteroatoms. The summed E-state index contributed by atoms with van der Waals surface area (Å²) >= 11 is 6.62. The fraction of sp³-hybridized carbons (Fsp3) is 0.361. The molecule has 1 aromatic heterocycles. The third kappa shape index (κ3) is 6.85. The molecule has 0 radical (unpaired) electrons. The lowest BCUT2D eigenvalue weighted by molar-refractivity contribution is -0.131. The Balaban J connectivity index is 1.04. The highest BCUT2D eigenvalue weighted by atomic mass is 35.5. The molecule has 1 saturated carbocycles. The molecule has 48 heavy (non-hydrogen) atoms. The van der Waals surface area contributed by atoms with Gasteiger partial charge in [-0.1, -0.05) is 29.3 Å². The van der Waals surface area contributed by atoms with Gasteiger partial charge in [-0.05, 0) is 56.5 Å². The number of amides is 2. The van der Waals surface area contributed by atoms with E-state index in [2.05, 4.69) is 20.5 Å². The van der Waals surface area contributed by atoms with Gasteiger partial charge < -0.3 is 34.3 Å². The minimum absolute atomic E-state index is 0.267. The van der Waals surface area contributed by atoms with E-state index in [9.17, 15) is 9.59 Å². The van der Waals surface area contributed by atoms with Gasteiger partial charge >= 0.3 is 0 Å². The molecule has 0 unspecified atom stereocenters. The number of nitrogens with zero attached hydrogens (tertiary/aromatic N) is 2. The zero-order chi connectivity index (χ0) is 33.1. The molecular formula is C36H37ClN4O7. The van der Waals surface area contributed by atoms with E-state index in [0.717, 1.165) is 44.8 Å². The summed E-state index contributed by atoms with van der Waals surface area (Å²) in [5, 5.41) is 6.62. The number of rotatable bonds is 11. The van der Waals surface area contributed by atoms with Crippen molar-refractivity contribution in [1.29, 1.82) is 0 Å². The Bertz CT molecular complexity index is 1820. The largest absolute Gasteiger partial charge is 0.489 e. The monoisotopic (exact) mass is 672 g/mol. The Morgan fingerprint density at radius 1 is 0.917 bits per heavy atom. The number of ether oxygens (including phenoxy) is 5.